The third-order valence-corrected chi connectivity index (χ3v) is 3.48. The Kier molecular flexibility index (Phi) is 5.28. The monoisotopic (exact) mass is 253 g/mol. The highest BCUT2D eigenvalue weighted by atomic mass is 32.2. The number of thioether (sulfide) groups is 1. The number of nitrogens with two attached hydrogens (primary N) is 1. The topological polar surface area (TPSA) is 68.0 Å². The molecule has 4 nitrogen and oxygen atoms in total. The molecule has 0 aliphatic heterocycles. The van der Waals surface area contributed by atoms with Gasteiger partial charge in [-0.3, -0.25) is 4.79 Å². The third-order valence-electron chi connectivity index (χ3n) is 2.43. The lowest BCUT2D eigenvalue weighted by molar-refractivity contribution is -0.120. The van der Waals surface area contributed by atoms with Gasteiger partial charge in [0.25, 0.3) is 0 Å². The SMILES string of the molecule is CCC(C)NC(=O)C(C)Sc1ccc(N)cn1. The minimum atomic E-state index is -0.153. The predicted octanol–water partition coefficient (Wildman–Crippen LogP) is 2.06. The zero-order chi connectivity index (χ0) is 12.8. The molecular formula is C12H19N3OS. The Labute approximate surface area is 106 Å². The van der Waals surface area contributed by atoms with Gasteiger partial charge in [-0.15, -0.1) is 0 Å². The van der Waals surface area contributed by atoms with E-state index in [1.54, 1.807) is 12.3 Å². The summed E-state index contributed by atoms with van der Waals surface area (Å²) >= 11 is 1.43. The molecule has 17 heavy (non-hydrogen) atoms. The maximum absolute atomic E-state index is 11.8. The summed E-state index contributed by atoms with van der Waals surface area (Å²) in [6.07, 6.45) is 2.53. The second kappa shape index (κ2) is 6.49. The van der Waals surface area contributed by atoms with E-state index in [9.17, 15) is 4.79 Å². The number of rotatable bonds is 5. The van der Waals surface area contributed by atoms with Crippen molar-refractivity contribution in [3.8, 4) is 0 Å². The highest BCUT2D eigenvalue weighted by molar-refractivity contribution is 8.00. The Morgan fingerprint density at radius 3 is 2.76 bits per heavy atom. The van der Waals surface area contributed by atoms with Crippen molar-refractivity contribution < 1.29 is 4.79 Å². The summed E-state index contributed by atoms with van der Waals surface area (Å²) in [7, 11) is 0. The summed E-state index contributed by atoms with van der Waals surface area (Å²) < 4.78 is 0. The highest BCUT2D eigenvalue weighted by Crippen LogP contribution is 2.21. The Morgan fingerprint density at radius 2 is 2.24 bits per heavy atom. The van der Waals surface area contributed by atoms with Gasteiger partial charge in [0.05, 0.1) is 22.2 Å². The molecule has 1 aromatic rings. The molecule has 1 rings (SSSR count). The number of amides is 1. The fraction of sp³-hybridized carbons (Fsp3) is 0.500. The maximum Gasteiger partial charge on any atom is 0.233 e. The van der Waals surface area contributed by atoms with Crippen LogP contribution in [0.25, 0.3) is 0 Å². The molecule has 0 spiro atoms. The van der Waals surface area contributed by atoms with Gasteiger partial charge in [0.2, 0.25) is 5.91 Å². The summed E-state index contributed by atoms with van der Waals surface area (Å²) in [5, 5.41) is 3.61. The molecule has 0 aliphatic rings. The van der Waals surface area contributed by atoms with Gasteiger partial charge in [0.1, 0.15) is 0 Å². The van der Waals surface area contributed by atoms with Crippen LogP contribution < -0.4 is 11.1 Å². The lowest BCUT2D eigenvalue weighted by atomic mass is 10.2. The first-order valence-corrected chi connectivity index (χ1v) is 6.59. The Morgan fingerprint density at radius 1 is 1.53 bits per heavy atom. The first kappa shape index (κ1) is 13.8. The molecule has 1 heterocycles. The Hall–Kier alpha value is -1.23. The number of carbonyl (C=O) groups is 1. The maximum atomic E-state index is 11.8. The van der Waals surface area contributed by atoms with Crippen molar-refractivity contribution in [3.05, 3.63) is 18.3 Å². The second-order valence-electron chi connectivity index (χ2n) is 4.01. The van der Waals surface area contributed by atoms with Gasteiger partial charge in [-0.05, 0) is 32.4 Å². The van der Waals surface area contributed by atoms with Crippen LogP contribution in [0.5, 0.6) is 0 Å². The normalized spacial score (nSPS) is 14.1. The van der Waals surface area contributed by atoms with E-state index in [4.69, 9.17) is 5.73 Å². The zero-order valence-electron chi connectivity index (χ0n) is 10.4. The van der Waals surface area contributed by atoms with Crippen molar-refractivity contribution in [2.75, 3.05) is 5.73 Å². The van der Waals surface area contributed by atoms with Gasteiger partial charge in [-0.25, -0.2) is 4.98 Å². The van der Waals surface area contributed by atoms with Crippen LogP contribution in [0.4, 0.5) is 5.69 Å². The molecule has 94 valence electrons. The van der Waals surface area contributed by atoms with Gasteiger partial charge in [0, 0.05) is 6.04 Å². The molecule has 1 aromatic heterocycles. The molecule has 0 radical (unpaired) electrons. The smallest absolute Gasteiger partial charge is 0.233 e. The molecule has 2 atom stereocenters. The van der Waals surface area contributed by atoms with E-state index in [-0.39, 0.29) is 17.2 Å². The quantitative estimate of drug-likeness (QED) is 0.788. The molecule has 0 saturated carbocycles. The molecule has 0 bridgehead atoms. The van der Waals surface area contributed by atoms with Crippen LogP contribution in [0.2, 0.25) is 0 Å². The van der Waals surface area contributed by atoms with E-state index >= 15 is 0 Å². The molecular weight excluding hydrogens is 234 g/mol. The standard InChI is InChI=1S/C12H19N3OS/c1-4-8(2)15-12(16)9(3)17-11-6-5-10(13)7-14-11/h5-9H,4,13H2,1-3H3,(H,15,16). The number of pyridine rings is 1. The molecule has 0 saturated heterocycles. The Balaban J connectivity index is 2.51. The summed E-state index contributed by atoms with van der Waals surface area (Å²) in [6.45, 7) is 5.92. The van der Waals surface area contributed by atoms with Gasteiger partial charge in [0.15, 0.2) is 0 Å². The van der Waals surface area contributed by atoms with Crippen LogP contribution in [0.15, 0.2) is 23.4 Å². The summed E-state index contributed by atoms with van der Waals surface area (Å²) in [5.74, 6) is 0.0444. The van der Waals surface area contributed by atoms with Crippen molar-refractivity contribution in [1.82, 2.24) is 10.3 Å². The summed E-state index contributed by atoms with van der Waals surface area (Å²) in [4.78, 5) is 16.0. The van der Waals surface area contributed by atoms with E-state index < -0.39 is 0 Å². The molecule has 5 heteroatoms. The van der Waals surface area contributed by atoms with E-state index in [1.807, 2.05) is 26.8 Å². The summed E-state index contributed by atoms with van der Waals surface area (Å²) in [6, 6.07) is 3.83. The van der Waals surface area contributed by atoms with Gasteiger partial charge in [-0.1, -0.05) is 18.7 Å². The molecule has 0 fully saturated rings. The van der Waals surface area contributed by atoms with Gasteiger partial charge >= 0.3 is 0 Å². The average Bonchev–Trinajstić information content (AvgIpc) is 2.31. The fourth-order valence-corrected chi connectivity index (χ4v) is 1.96. The van der Waals surface area contributed by atoms with Crippen LogP contribution in [-0.4, -0.2) is 22.2 Å². The van der Waals surface area contributed by atoms with Crippen LogP contribution >= 0.6 is 11.8 Å². The molecule has 3 N–H and O–H groups in total. The van der Waals surface area contributed by atoms with Crippen LogP contribution in [0.1, 0.15) is 27.2 Å². The van der Waals surface area contributed by atoms with Crippen molar-refractivity contribution in [2.24, 2.45) is 0 Å². The fourth-order valence-electron chi connectivity index (χ4n) is 1.16. The van der Waals surface area contributed by atoms with Gasteiger partial charge < -0.3 is 11.1 Å². The van der Waals surface area contributed by atoms with Crippen LogP contribution in [0.3, 0.4) is 0 Å². The molecule has 0 aromatic carbocycles. The van der Waals surface area contributed by atoms with Crippen LogP contribution in [0, 0.1) is 0 Å². The minimum Gasteiger partial charge on any atom is -0.397 e. The number of nitrogen functional groups attached to an aromatic ring is 1. The second-order valence-corrected chi connectivity index (χ2v) is 5.37. The number of aromatic nitrogens is 1. The van der Waals surface area contributed by atoms with Crippen LogP contribution in [-0.2, 0) is 4.79 Å². The van der Waals surface area contributed by atoms with E-state index in [2.05, 4.69) is 10.3 Å². The number of nitrogens with zero attached hydrogens (tertiary/aromatic N) is 1. The Bertz CT molecular complexity index is 367. The van der Waals surface area contributed by atoms with E-state index in [0.717, 1.165) is 11.4 Å². The number of nitrogens with one attached hydrogen (secondary N) is 1. The predicted molar refractivity (Wildman–Crippen MR) is 71.9 cm³/mol. The first-order valence-electron chi connectivity index (χ1n) is 5.71. The lowest BCUT2D eigenvalue weighted by Gasteiger charge is -2.15. The molecule has 0 aliphatic carbocycles. The number of hydrogen-bond acceptors (Lipinski definition) is 4. The van der Waals surface area contributed by atoms with Crippen molar-refractivity contribution in [3.63, 3.8) is 0 Å². The highest BCUT2D eigenvalue weighted by Gasteiger charge is 2.16. The van der Waals surface area contributed by atoms with Crippen molar-refractivity contribution in [2.45, 2.75) is 43.5 Å². The molecule has 2 unspecified atom stereocenters. The number of carbonyl (C=O) groups excluding carboxylic acids is 1. The van der Waals surface area contributed by atoms with E-state index in [0.29, 0.717) is 5.69 Å². The third kappa shape index (κ3) is 4.65. The minimum absolute atomic E-state index is 0.0444. The van der Waals surface area contributed by atoms with Crippen molar-refractivity contribution >= 4 is 23.4 Å². The summed E-state index contributed by atoms with van der Waals surface area (Å²) in [5.41, 5.74) is 6.18. The number of anilines is 1. The lowest BCUT2D eigenvalue weighted by Crippen LogP contribution is -2.37. The number of hydrogen-bond donors (Lipinski definition) is 2. The molecule has 1 amide bonds. The largest absolute Gasteiger partial charge is 0.397 e. The van der Waals surface area contributed by atoms with E-state index in [1.165, 1.54) is 11.8 Å². The van der Waals surface area contributed by atoms with Gasteiger partial charge in [-0.2, -0.15) is 0 Å². The first-order chi connectivity index (χ1) is 8.02. The zero-order valence-corrected chi connectivity index (χ0v) is 11.3. The van der Waals surface area contributed by atoms with Crippen molar-refractivity contribution in [1.29, 1.82) is 0 Å². The average molecular weight is 253 g/mol.